The number of halogens is 3. The molecule has 0 bridgehead atoms. The molecule has 0 aliphatic heterocycles. The number of hydrogen-bond acceptors (Lipinski definition) is 1. The van der Waals surface area contributed by atoms with Crippen molar-refractivity contribution >= 4 is 21.9 Å². The van der Waals surface area contributed by atoms with E-state index in [9.17, 15) is 13.6 Å². The number of benzene rings is 1. The van der Waals surface area contributed by atoms with Gasteiger partial charge in [-0.1, -0.05) is 33.6 Å². The van der Waals surface area contributed by atoms with Gasteiger partial charge in [-0.25, -0.2) is 4.79 Å². The normalized spacial score (nSPS) is 11.5. The first-order chi connectivity index (χ1) is 6.83. The molecule has 1 aromatic rings. The lowest BCUT2D eigenvalue weighted by Gasteiger charge is -2.12. The molecule has 0 amide bonds. The maximum atomic E-state index is 12.9. The summed E-state index contributed by atoms with van der Waals surface area (Å²) in [5, 5.41) is 8.30. The van der Waals surface area contributed by atoms with Crippen LogP contribution in [0.3, 0.4) is 0 Å². The van der Waals surface area contributed by atoms with Gasteiger partial charge in [0.2, 0.25) is 0 Å². The Morgan fingerprint density at radius 3 is 2.67 bits per heavy atom. The minimum Gasteiger partial charge on any atom is -0.477 e. The molecule has 82 valence electrons. The number of carboxylic acid groups (broad SMARTS) is 1. The lowest BCUT2D eigenvalue weighted by atomic mass is 10.1. The molecular formula is C10H9BrF2O2. The van der Waals surface area contributed by atoms with Crippen LogP contribution in [0.4, 0.5) is 8.78 Å². The highest BCUT2D eigenvalue weighted by Gasteiger charge is 2.39. The van der Waals surface area contributed by atoms with Crippen molar-refractivity contribution in [2.24, 2.45) is 0 Å². The number of aryl methyl sites for hydroxylation is 1. The van der Waals surface area contributed by atoms with Crippen molar-refractivity contribution in [1.29, 1.82) is 0 Å². The van der Waals surface area contributed by atoms with Crippen LogP contribution in [0.25, 0.3) is 0 Å². The summed E-state index contributed by atoms with van der Waals surface area (Å²) in [6.07, 6.45) is -0.801. The van der Waals surface area contributed by atoms with Crippen LogP contribution in [0.1, 0.15) is 11.1 Å². The zero-order valence-electron chi connectivity index (χ0n) is 7.93. The van der Waals surface area contributed by atoms with Crippen LogP contribution in [0.5, 0.6) is 0 Å². The van der Waals surface area contributed by atoms with Gasteiger partial charge >= 0.3 is 11.9 Å². The highest BCUT2D eigenvalue weighted by molar-refractivity contribution is 9.10. The quantitative estimate of drug-likeness (QED) is 0.923. The molecule has 0 spiro atoms. The molecule has 1 aromatic carbocycles. The molecule has 0 aromatic heterocycles. The number of carbonyl (C=O) groups is 1. The maximum absolute atomic E-state index is 12.9. The fourth-order valence-electron chi connectivity index (χ4n) is 1.15. The molecule has 0 saturated heterocycles. The number of aliphatic carboxylic acids is 1. The molecule has 0 atom stereocenters. The van der Waals surface area contributed by atoms with Gasteiger partial charge in [0.05, 0.1) is 0 Å². The first-order valence-corrected chi connectivity index (χ1v) is 4.98. The van der Waals surface area contributed by atoms with Gasteiger partial charge in [-0.05, 0) is 18.6 Å². The maximum Gasteiger partial charge on any atom is 0.374 e. The zero-order chi connectivity index (χ0) is 11.6. The topological polar surface area (TPSA) is 37.3 Å². The summed E-state index contributed by atoms with van der Waals surface area (Å²) in [4.78, 5) is 10.3. The van der Waals surface area contributed by atoms with Crippen molar-refractivity contribution in [2.45, 2.75) is 19.3 Å². The molecule has 1 N–H and O–H groups in total. The van der Waals surface area contributed by atoms with Crippen LogP contribution in [-0.2, 0) is 11.2 Å². The Bertz CT molecular complexity index is 391. The minimum atomic E-state index is -3.73. The molecule has 0 fully saturated rings. The third-order valence-electron chi connectivity index (χ3n) is 1.93. The summed E-state index contributed by atoms with van der Waals surface area (Å²) in [6, 6.07) is 4.93. The van der Waals surface area contributed by atoms with Crippen molar-refractivity contribution < 1.29 is 18.7 Å². The van der Waals surface area contributed by atoms with Crippen molar-refractivity contribution in [2.75, 3.05) is 0 Å². The van der Waals surface area contributed by atoms with Gasteiger partial charge < -0.3 is 5.11 Å². The summed E-state index contributed by atoms with van der Waals surface area (Å²) in [5.74, 6) is -5.83. The van der Waals surface area contributed by atoms with E-state index in [2.05, 4.69) is 15.9 Å². The van der Waals surface area contributed by atoms with Crippen LogP contribution in [-0.4, -0.2) is 17.0 Å². The highest BCUT2D eigenvalue weighted by Crippen LogP contribution is 2.26. The number of rotatable bonds is 3. The molecule has 0 heterocycles. The second-order valence-electron chi connectivity index (χ2n) is 3.28. The Balaban J connectivity index is 2.99. The van der Waals surface area contributed by atoms with Crippen LogP contribution < -0.4 is 0 Å². The third kappa shape index (κ3) is 2.99. The molecular weight excluding hydrogens is 270 g/mol. The van der Waals surface area contributed by atoms with E-state index < -0.39 is 18.3 Å². The molecule has 1 rings (SSSR count). The molecule has 5 heteroatoms. The highest BCUT2D eigenvalue weighted by atomic mass is 79.9. The molecule has 15 heavy (non-hydrogen) atoms. The van der Waals surface area contributed by atoms with Crippen molar-refractivity contribution in [1.82, 2.24) is 0 Å². The van der Waals surface area contributed by atoms with E-state index in [0.717, 1.165) is 5.56 Å². The Morgan fingerprint density at radius 1 is 1.53 bits per heavy atom. The van der Waals surface area contributed by atoms with Gasteiger partial charge in [0.25, 0.3) is 0 Å². The average molecular weight is 279 g/mol. The van der Waals surface area contributed by atoms with E-state index in [0.29, 0.717) is 10.0 Å². The smallest absolute Gasteiger partial charge is 0.374 e. The number of hydrogen-bond donors (Lipinski definition) is 1. The van der Waals surface area contributed by atoms with E-state index in [4.69, 9.17) is 5.11 Å². The van der Waals surface area contributed by atoms with Gasteiger partial charge in [0, 0.05) is 10.9 Å². The first-order valence-electron chi connectivity index (χ1n) is 4.19. The monoisotopic (exact) mass is 278 g/mol. The van der Waals surface area contributed by atoms with E-state index in [1.807, 2.05) is 0 Å². The van der Waals surface area contributed by atoms with Crippen LogP contribution in [0.2, 0.25) is 0 Å². The van der Waals surface area contributed by atoms with Gasteiger partial charge in [0.15, 0.2) is 0 Å². The van der Waals surface area contributed by atoms with Gasteiger partial charge in [0.1, 0.15) is 0 Å². The van der Waals surface area contributed by atoms with Crippen LogP contribution in [0.15, 0.2) is 22.7 Å². The van der Waals surface area contributed by atoms with Crippen molar-refractivity contribution in [3.63, 3.8) is 0 Å². The first kappa shape index (κ1) is 12.1. The van der Waals surface area contributed by atoms with E-state index in [-0.39, 0.29) is 0 Å². The third-order valence-corrected chi connectivity index (χ3v) is 2.70. The second-order valence-corrected chi connectivity index (χ2v) is 4.14. The van der Waals surface area contributed by atoms with Crippen LogP contribution >= 0.6 is 15.9 Å². The standard InChI is InChI=1S/C10H9BrF2O2/c1-6-2-3-8(11)7(4-6)5-10(12,13)9(14)15/h2-4H,5H2,1H3,(H,14,15). The lowest BCUT2D eigenvalue weighted by molar-refractivity contribution is -0.164. The molecule has 0 unspecified atom stereocenters. The van der Waals surface area contributed by atoms with Crippen molar-refractivity contribution in [3.8, 4) is 0 Å². The van der Waals surface area contributed by atoms with Crippen molar-refractivity contribution in [3.05, 3.63) is 33.8 Å². The van der Waals surface area contributed by atoms with Gasteiger partial charge in [-0.2, -0.15) is 8.78 Å². The van der Waals surface area contributed by atoms with E-state index in [1.165, 1.54) is 0 Å². The van der Waals surface area contributed by atoms with Gasteiger partial charge in [-0.15, -0.1) is 0 Å². The lowest BCUT2D eigenvalue weighted by Crippen LogP contribution is -2.30. The zero-order valence-corrected chi connectivity index (χ0v) is 9.51. The average Bonchev–Trinajstić information content (AvgIpc) is 2.10. The van der Waals surface area contributed by atoms with Gasteiger partial charge in [-0.3, -0.25) is 0 Å². The summed E-state index contributed by atoms with van der Waals surface area (Å²) in [7, 11) is 0. The molecule has 0 aliphatic carbocycles. The largest absolute Gasteiger partial charge is 0.477 e. The van der Waals surface area contributed by atoms with E-state index >= 15 is 0 Å². The summed E-state index contributed by atoms with van der Waals surface area (Å²) < 4.78 is 26.3. The fourth-order valence-corrected chi connectivity index (χ4v) is 1.54. The Hall–Kier alpha value is -0.970. The Labute approximate surface area is 94.0 Å². The van der Waals surface area contributed by atoms with Crippen LogP contribution in [0, 0.1) is 6.92 Å². The summed E-state index contributed by atoms with van der Waals surface area (Å²) in [6.45, 7) is 1.76. The predicted octanol–water partition coefficient (Wildman–Crippen LogP) is 3.02. The fraction of sp³-hybridized carbons (Fsp3) is 0.300. The number of carboxylic acids is 1. The molecule has 0 saturated carbocycles. The van der Waals surface area contributed by atoms with E-state index in [1.54, 1.807) is 25.1 Å². The Kier molecular flexibility index (Phi) is 3.44. The Morgan fingerprint density at radius 2 is 2.13 bits per heavy atom. The second kappa shape index (κ2) is 4.26. The summed E-state index contributed by atoms with van der Waals surface area (Å²) >= 11 is 3.11. The SMILES string of the molecule is Cc1ccc(Br)c(CC(F)(F)C(=O)O)c1. The predicted molar refractivity (Wildman–Crippen MR) is 55.2 cm³/mol. The molecule has 2 nitrogen and oxygen atoms in total. The number of alkyl halides is 2. The minimum absolute atomic E-state index is 0.294. The molecule has 0 aliphatic rings. The summed E-state index contributed by atoms with van der Waals surface area (Å²) in [5.41, 5.74) is 1.11. The molecule has 0 radical (unpaired) electrons.